The Labute approximate surface area is 105 Å². The number of carbonyl (C=O) groups is 1. The lowest BCUT2D eigenvalue weighted by molar-refractivity contribution is -0.384. The molecule has 0 bridgehead atoms. The van der Waals surface area contributed by atoms with Crippen LogP contribution in [0.3, 0.4) is 0 Å². The van der Waals surface area contributed by atoms with Crippen LogP contribution >= 0.6 is 0 Å². The number of nitro groups is 1. The molecule has 1 heterocycles. The van der Waals surface area contributed by atoms with Gasteiger partial charge in [0, 0.05) is 36.8 Å². The third kappa shape index (κ3) is 2.33. The number of carbonyl (C=O) groups excluding carboxylic acids is 1. The molecule has 0 spiro atoms. The van der Waals surface area contributed by atoms with E-state index >= 15 is 0 Å². The molecule has 1 aliphatic rings. The lowest BCUT2D eigenvalue weighted by atomic mass is 10.1. The minimum atomic E-state index is -0.499. The summed E-state index contributed by atoms with van der Waals surface area (Å²) in [4.78, 5) is 24.1. The smallest absolute Gasteiger partial charge is 0.270 e. The highest BCUT2D eigenvalue weighted by molar-refractivity contribution is 5.95. The van der Waals surface area contributed by atoms with Crippen LogP contribution in [0.5, 0.6) is 0 Å². The van der Waals surface area contributed by atoms with E-state index in [0.29, 0.717) is 18.7 Å². The van der Waals surface area contributed by atoms with E-state index in [0.717, 1.165) is 12.8 Å². The number of hydrogen-bond acceptors (Lipinski definition) is 4. The second-order valence-corrected chi connectivity index (χ2v) is 4.34. The van der Waals surface area contributed by atoms with Crippen LogP contribution in [0.2, 0.25) is 0 Å². The maximum atomic E-state index is 12.2. The van der Waals surface area contributed by atoms with Gasteiger partial charge in [0.2, 0.25) is 0 Å². The molecule has 18 heavy (non-hydrogen) atoms. The van der Waals surface area contributed by atoms with Crippen LogP contribution in [0.15, 0.2) is 24.3 Å². The summed E-state index contributed by atoms with van der Waals surface area (Å²) in [5, 5.41) is 10.7. The van der Waals surface area contributed by atoms with Crippen molar-refractivity contribution in [2.75, 3.05) is 13.1 Å². The number of amides is 1. The first kappa shape index (κ1) is 12.5. The molecule has 0 aromatic heterocycles. The van der Waals surface area contributed by atoms with Crippen molar-refractivity contribution in [1.29, 1.82) is 0 Å². The largest absolute Gasteiger partial charge is 0.334 e. The van der Waals surface area contributed by atoms with Gasteiger partial charge in [-0.25, -0.2) is 0 Å². The third-order valence-electron chi connectivity index (χ3n) is 3.21. The molecule has 6 nitrogen and oxygen atoms in total. The van der Waals surface area contributed by atoms with Crippen LogP contribution in [0.25, 0.3) is 0 Å². The second-order valence-electron chi connectivity index (χ2n) is 4.34. The summed E-state index contributed by atoms with van der Waals surface area (Å²) in [6.45, 7) is 1.10. The highest BCUT2D eigenvalue weighted by atomic mass is 16.6. The lowest BCUT2D eigenvalue weighted by Gasteiger charge is -2.23. The van der Waals surface area contributed by atoms with Gasteiger partial charge in [-0.3, -0.25) is 14.9 Å². The number of rotatable bonds is 3. The molecule has 1 aliphatic heterocycles. The van der Waals surface area contributed by atoms with Crippen LogP contribution in [0, 0.1) is 10.1 Å². The molecule has 96 valence electrons. The molecular formula is C12H15N3O3. The number of non-ortho nitro benzene ring substituents is 1. The predicted molar refractivity (Wildman–Crippen MR) is 66.2 cm³/mol. The Kier molecular flexibility index (Phi) is 3.57. The Morgan fingerprint density at radius 3 is 3.00 bits per heavy atom. The van der Waals surface area contributed by atoms with Gasteiger partial charge in [-0.05, 0) is 18.9 Å². The van der Waals surface area contributed by atoms with E-state index in [1.165, 1.54) is 18.2 Å². The highest BCUT2D eigenvalue weighted by Gasteiger charge is 2.28. The van der Waals surface area contributed by atoms with E-state index in [4.69, 9.17) is 5.73 Å². The molecule has 2 rings (SSSR count). The molecular weight excluding hydrogens is 234 g/mol. The molecule has 0 radical (unpaired) electrons. The molecule has 6 heteroatoms. The van der Waals surface area contributed by atoms with Crippen molar-refractivity contribution in [3.63, 3.8) is 0 Å². The summed E-state index contributed by atoms with van der Waals surface area (Å²) in [7, 11) is 0. The number of hydrogen-bond donors (Lipinski definition) is 1. The summed E-state index contributed by atoms with van der Waals surface area (Å²) in [5.41, 5.74) is 5.90. The molecule has 1 aromatic carbocycles. The van der Waals surface area contributed by atoms with Gasteiger partial charge in [0.15, 0.2) is 0 Å². The fraction of sp³-hybridized carbons (Fsp3) is 0.417. The zero-order valence-electron chi connectivity index (χ0n) is 9.91. The first-order valence-corrected chi connectivity index (χ1v) is 5.89. The van der Waals surface area contributed by atoms with Gasteiger partial charge in [-0.2, -0.15) is 0 Å². The third-order valence-corrected chi connectivity index (χ3v) is 3.21. The zero-order valence-corrected chi connectivity index (χ0v) is 9.91. The van der Waals surface area contributed by atoms with Crippen molar-refractivity contribution in [2.24, 2.45) is 5.73 Å². The molecule has 1 atom stereocenters. The summed E-state index contributed by atoms with van der Waals surface area (Å²) < 4.78 is 0. The average molecular weight is 249 g/mol. The van der Waals surface area contributed by atoms with E-state index in [1.54, 1.807) is 11.0 Å². The molecule has 0 aliphatic carbocycles. The molecule has 2 N–H and O–H groups in total. The predicted octanol–water partition coefficient (Wildman–Crippen LogP) is 1.16. The van der Waals surface area contributed by atoms with Gasteiger partial charge in [-0.1, -0.05) is 6.07 Å². The Hall–Kier alpha value is -1.95. The van der Waals surface area contributed by atoms with Crippen molar-refractivity contribution < 1.29 is 9.72 Å². The van der Waals surface area contributed by atoms with Crippen LogP contribution in [0.1, 0.15) is 23.2 Å². The summed E-state index contributed by atoms with van der Waals surface area (Å²) in [6.07, 6.45) is 1.83. The fourth-order valence-corrected chi connectivity index (χ4v) is 2.27. The monoisotopic (exact) mass is 249 g/mol. The normalized spacial score (nSPS) is 18.9. The lowest BCUT2D eigenvalue weighted by Crippen LogP contribution is -2.39. The SMILES string of the molecule is NCC1CCCN1C(=O)c1cccc([N+](=O)[O-])c1. The second kappa shape index (κ2) is 5.14. The number of nitrogens with two attached hydrogens (primary N) is 1. The summed E-state index contributed by atoms with van der Waals surface area (Å²) in [6, 6.07) is 5.87. The van der Waals surface area contributed by atoms with E-state index in [-0.39, 0.29) is 17.6 Å². The standard InChI is InChI=1S/C12H15N3O3/c13-8-11-5-2-6-14(11)12(16)9-3-1-4-10(7-9)15(17)18/h1,3-4,7,11H,2,5-6,8,13H2. The number of nitro benzene ring substituents is 1. The highest BCUT2D eigenvalue weighted by Crippen LogP contribution is 2.21. The topological polar surface area (TPSA) is 89.5 Å². The van der Waals surface area contributed by atoms with Crippen LogP contribution in [0.4, 0.5) is 5.69 Å². The average Bonchev–Trinajstić information content (AvgIpc) is 2.86. The van der Waals surface area contributed by atoms with Gasteiger partial charge >= 0.3 is 0 Å². The van der Waals surface area contributed by atoms with Gasteiger partial charge in [0.05, 0.1) is 4.92 Å². The molecule has 1 unspecified atom stereocenters. The maximum absolute atomic E-state index is 12.2. The minimum absolute atomic E-state index is 0.0526. The van der Waals surface area contributed by atoms with E-state index in [9.17, 15) is 14.9 Å². The Morgan fingerprint density at radius 1 is 1.56 bits per heavy atom. The van der Waals surface area contributed by atoms with Crippen molar-refractivity contribution in [3.8, 4) is 0 Å². The van der Waals surface area contributed by atoms with Crippen molar-refractivity contribution >= 4 is 11.6 Å². The number of likely N-dealkylation sites (tertiary alicyclic amines) is 1. The number of nitrogens with zero attached hydrogens (tertiary/aromatic N) is 2. The van der Waals surface area contributed by atoms with Crippen molar-refractivity contribution in [2.45, 2.75) is 18.9 Å². The molecule has 1 aromatic rings. The fourth-order valence-electron chi connectivity index (χ4n) is 2.27. The quantitative estimate of drug-likeness (QED) is 0.643. The molecule has 0 saturated carbocycles. The Morgan fingerprint density at radius 2 is 2.33 bits per heavy atom. The number of benzene rings is 1. The van der Waals surface area contributed by atoms with Crippen molar-refractivity contribution in [3.05, 3.63) is 39.9 Å². The summed E-state index contributed by atoms with van der Waals surface area (Å²) in [5.74, 6) is -0.174. The van der Waals surface area contributed by atoms with Crippen molar-refractivity contribution in [1.82, 2.24) is 4.90 Å². The Balaban J connectivity index is 2.23. The van der Waals surface area contributed by atoms with Crippen LogP contribution in [-0.2, 0) is 0 Å². The van der Waals surface area contributed by atoms with Gasteiger partial charge in [-0.15, -0.1) is 0 Å². The molecule has 1 fully saturated rings. The molecule has 1 saturated heterocycles. The zero-order chi connectivity index (χ0) is 13.1. The first-order valence-electron chi connectivity index (χ1n) is 5.89. The van der Waals surface area contributed by atoms with Crippen LogP contribution in [-0.4, -0.2) is 34.9 Å². The minimum Gasteiger partial charge on any atom is -0.334 e. The van der Waals surface area contributed by atoms with E-state index in [2.05, 4.69) is 0 Å². The molecule has 1 amide bonds. The maximum Gasteiger partial charge on any atom is 0.270 e. The van der Waals surface area contributed by atoms with E-state index in [1.807, 2.05) is 0 Å². The van der Waals surface area contributed by atoms with Crippen LogP contribution < -0.4 is 5.73 Å². The van der Waals surface area contributed by atoms with Gasteiger partial charge in [0.1, 0.15) is 0 Å². The van der Waals surface area contributed by atoms with Gasteiger partial charge in [0.25, 0.3) is 11.6 Å². The van der Waals surface area contributed by atoms with E-state index < -0.39 is 4.92 Å². The first-order chi connectivity index (χ1) is 8.63. The summed E-state index contributed by atoms with van der Waals surface area (Å²) >= 11 is 0. The Bertz CT molecular complexity index is 475. The van der Waals surface area contributed by atoms with Gasteiger partial charge < -0.3 is 10.6 Å².